The van der Waals surface area contributed by atoms with Crippen LogP contribution in [0.15, 0.2) is 23.8 Å². The van der Waals surface area contributed by atoms with Crippen molar-refractivity contribution in [1.29, 1.82) is 0 Å². The van der Waals surface area contributed by atoms with Gasteiger partial charge in [-0.2, -0.15) is 0 Å². The maximum Gasteiger partial charge on any atom is 0.509 e. The molecule has 0 aromatic heterocycles. The molecule has 0 aromatic carbocycles. The van der Waals surface area contributed by atoms with E-state index in [0.29, 0.717) is 24.3 Å². The van der Waals surface area contributed by atoms with Gasteiger partial charge in [-0.3, -0.25) is 4.79 Å². The van der Waals surface area contributed by atoms with Crippen LogP contribution in [0.1, 0.15) is 87.0 Å². The molecule has 5 fully saturated rings. The van der Waals surface area contributed by atoms with Gasteiger partial charge in [-0.25, -0.2) is 14.0 Å². The Bertz CT molecular complexity index is 1270. The van der Waals surface area contributed by atoms with Crippen molar-refractivity contribution in [3.63, 3.8) is 0 Å². The number of aliphatic hydroxyl groups excluding tert-OH is 1. The summed E-state index contributed by atoms with van der Waals surface area (Å²) in [7, 11) is 0. The van der Waals surface area contributed by atoms with E-state index in [9.17, 15) is 24.6 Å². The minimum Gasteiger partial charge on any atom is -0.478 e. The average Bonchev–Trinajstić information content (AvgIpc) is 3.32. The summed E-state index contributed by atoms with van der Waals surface area (Å²) >= 11 is 0. The van der Waals surface area contributed by atoms with Crippen LogP contribution in [0, 0.1) is 51.2 Å². The highest BCUT2D eigenvalue weighted by Gasteiger charge is 2.78. The molecule has 6 aliphatic rings. The van der Waals surface area contributed by atoms with Crippen molar-refractivity contribution in [3.8, 4) is 0 Å². The lowest BCUT2D eigenvalue weighted by Gasteiger charge is -2.63. The third kappa shape index (κ3) is 3.21. The molecule has 2 N–H and O–H groups in total. The molecule has 6 aliphatic carbocycles. The zero-order valence-corrected chi connectivity index (χ0v) is 25.3. The van der Waals surface area contributed by atoms with Crippen molar-refractivity contribution < 1.29 is 38.5 Å². The zero-order chi connectivity index (χ0) is 30.1. The SMILES string of the molecule is C[C@@H]1C[C@H]2[C@@H]3C[C@H](C)C4=CC(=O)C=C[C@]4(C)[C@@]3(F)[C@@H](O)C[C@]2(C)C1(OC(=O)O[C@H]1C[C@@H]2CC[C@@]1(C)C2(C)C)C(=O)O. The smallest absolute Gasteiger partial charge is 0.478 e. The molecule has 0 spiro atoms. The molecule has 0 aliphatic heterocycles. The lowest BCUT2D eigenvalue weighted by Crippen LogP contribution is -2.70. The maximum atomic E-state index is 17.6. The van der Waals surface area contributed by atoms with E-state index in [-0.39, 0.29) is 35.1 Å². The predicted octanol–water partition coefficient (Wildman–Crippen LogP) is 6.04. The summed E-state index contributed by atoms with van der Waals surface area (Å²) in [6, 6.07) is 0. The first-order valence-corrected chi connectivity index (χ1v) is 15.4. The van der Waals surface area contributed by atoms with Crippen LogP contribution in [-0.4, -0.2) is 51.6 Å². The molecule has 0 aromatic rings. The first-order chi connectivity index (χ1) is 18.9. The standard InChI is InChI=1S/C33H45FO7/c1-17-12-23-22-13-18(2)33(26(37)38,41-27(39)40-25-14-19-8-10-30(25,6)28(19,3)4)31(22,7)16-24(36)32(23,34)29(5)11-9-20(35)15-21(17)29/h9,11,15,17-19,22-25,36H,8,10,12-14,16H2,1-7H3,(H,37,38)/t17-,18+,19-,22-,23-,24-,25-,29-,30+,31-,32-,33?/m0/s1. The monoisotopic (exact) mass is 572 g/mol. The van der Waals surface area contributed by atoms with Crippen LogP contribution in [0.5, 0.6) is 0 Å². The second kappa shape index (κ2) is 8.45. The number of aliphatic hydroxyl groups is 1. The lowest BCUT2D eigenvalue weighted by molar-refractivity contribution is -0.232. The fraction of sp³-hybridized carbons (Fsp3) is 0.788. The van der Waals surface area contributed by atoms with Gasteiger partial charge >= 0.3 is 12.1 Å². The number of rotatable bonds is 3. The normalized spacial score (nSPS) is 52.8. The van der Waals surface area contributed by atoms with Gasteiger partial charge in [0.2, 0.25) is 5.60 Å². The zero-order valence-electron chi connectivity index (χ0n) is 25.3. The summed E-state index contributed by atoms with van der Waals surface area (Å²) in [6.45, 7) is 13.7. The van der Waals surface area contributed by atoms with Crippen LogP contribution in [0.25, 0.3) is 0 Å². The molecule has 6 rings (SSSR count). The number of alkyl halides is 1. The maximum absolute atomic E-state index is 17.6. The first kappa shape index (κ1) is 28.9. The topological polar surface area (TPSA) is 110 Å². The van der Waals surface area contributed by atoms with Crippen LogP contribution in [0.2, 0.25) is 0 Å². The number of halogens is 1. The lowest BCUT2D eigenvalue weighted by atomic mass is 9.43. The van der Waals surface area contributed by atoms with Crippen LogP contribution in [-0.2, 0) is 19.1 Å². The van der Waals surface area contributed by atoms with Crippen LogP contribution in [0.4, 0.5) is 9.18 Å². The Morgan fingerprint density at radius 1 is 1.02 bits per heavy atom. The molecular weight excluding hydrogens is 527 g/mol. The van der Waals surface area contributed by atoms with Crippen LogP contribution < -0.4 is 0 Å². The van der Waals surface area contributed by atoms with Crippen molar-refractivity contribution >= 4 is 17.9 Å². The summed E-state index contributed by atoms with van der Waals surface area (Å²) < 4.78 is 29.6. The number of ether oxygens (including phenoxy) is 2. The number of carboxylic acids is 1. The van der Waals surface area contributed by atoms with Crippen molar-refractivity contribution in [2.45, 2.75) is 110 Å². The molecule has 8 heteroatoms. The number of carbonyl (C=O) groups excluding carboxylic acids is 2. The van der Waals surface area contributed by atoms with Gasteiger partial charge in [0.1, 0.15) is 6.10 Å². The van der Waals surface area contributed by atoms with Crippen LogP contribution in [0.3, 0.4) is 0 Å². The van der Waals surface area contributed by atoms with E-state index in [1.807, 2.05) is 6.92 Å². The van der Waals surface area contributed by atoms with E-state index >= 15 is 4.39 Å². The minimum atomic E-state index is -2.11. The molecule has 12 atom stereocenters. The molecule has 7 nitrogen and oxygen atoms in total. The van der Waals surface area contributed by atoms with Gasteiger partial charge in [0, 0.05) is 28.1 Å². The van der Waals surface area contributed by atoms with E-state index in [0.717, 1.165) is 19.3 Å². The highest BCUT2D eigenvalue weighted by molar-refractivity contribution is 6.01. The molecule has 0 radical (unpaired) electrons. The number of ketones is 1. The van der Waals surface area contributed by atoms with Crippen molar-refractivity contribution in [2.75, 3.05) is 0 Å². The molecule has 0 heterocycles. The first-order valence-electron chi connectivity index (χ1n) is 15.4. The summed E-state index contributed by atoms with van der Waals surface area (Å²) in [5.74, 6) is -2.99. The van der Waals surface area contributed by atoms with Gasteiger partial charge in [0.25, 0.3) is 0 Å². The van der Waals surface area contributed by atoms with Gasteiger partial charge in [-0.1, -0.05) is 53.2 Å². The van der Waals surface area contributed by atoms with E-state index in [2.05, 4.69) is 20.8 Å². The fourth-order valence-electron chi connectivity index (χ4n) is 11.2. The van der Waals surface area contributed by atoms with E-state index in [1.54, 1.807) is 26.8 Å². The number of allylic oxidation sites excluding steroid dienone is 4. The molecule has 5 saturated carbocycles. The molecule has 0 saturated heterocycles. The number of hydrogen-bond donors (Lipinski definition) is 2. The van der Waals surface area contributed by atoms with Crippen molar-refractivity contribution in [2.24, 2.45) is 51.2 Å². The Kier molecular flexibility index (Phi) is 5.95. The number of aliphatic carboxylic acids is 1. The largest absolute Gasteiger partial charge is 0.509 e. The summed E-state index contributed by atoms with van der Waals surface area (Å²) in [6.07, 6.45) is 4.81. The number of carbonyl (C=O) groups is 3. The Morgan fingerprint density at radius 3 is 2.29 bits per heavy atom. The summed E-state index contributed by atoms with van der Waals surface area (Å²) in [5, 5.41) is 22.5. The van der Waals surface area contributed by atoms with Crippen molar-refractivity contribution in [3.05, 3.63) is 23.8 Å². The van der Waals surface area contributed by atoms with Crippen LogP contribution >= 0.6 is 0 Å². The Morgan fingerprint density at radius 2 is 1.71 bits per heavy atom. The van der Waals surface area contributed by atoms with E-state index in [4.69, 9.17) is 9.47 Å². The fourth-order valence-corrected chi connectivity index (χ4v) is 11.2. The third-order valence-electron chi connectivity index (χ3n) is 14.0. The van der Waals surface area contributed by atoms with Crippen molar-refractivity contribution in [1.82, 2.24) is 0 Å². The number of fused-ring (bicyclic) bond motifs is 7. The molecule has 2 bridgehead atoms. The van der Waals surface area contributed by atoms with Gasteiger partial charge in [0.05, 0.1) is 6.10 Å². The predicted molar refractivity (Wildman–Crippen MR) is 148 cm³/mol. The minimum absolute atomic E-state index is 0.00262. The summed E-state index contributed by atoms with van der Waals surface area (Å²) in [5.41, 5.74) is -6.08. The Balaban J connectivity index is 1.35. The molecule has 226 valence electrons. The van der Waals surface area contributed by atoms with E-state index in [1.165, 1.54) is 12.2 Å². The van der Waals surface area contributed by atoms with Gasteiger partial charge in [-0.15, -0.1) is 0 Å². The highest BCUT2D eigenvalue weighted by Crippen LogP contribution is 2.72. The third-order valence-corrected chi connectivity index (χ3v) is 14.0. The molecular formula is C33H45FO7. The van der Waals surface area contributed by atoms with Gasteiger partial charge < -0.3 is 19.7 Å². The quantitative estimate of drug-likeness (QED) is 0.397. The Hall–Kier alpha value is -2.22. The average molecular weight is 573 g/mol. The number of hydrogen-bond acceptors (Lipinski definition) is 6. The van der Waals surface area contributed by atoms with E-state index < -0.39 is 58.1 Å². The number of carboxylic acid groups (broad SMARTS) is 1. The van der Waals surface area contributed by atoms with Gasteiger partial charge in [0.15, 0.2) is 11.5 Å². The van der Waals surface area contributed by atoms with Gasteiger partial charge in [-0.05, 0) is 80.8 Å². The highest BCUT2D eigenvalue weighted by atomic mass is 19.1. The molecule has 41 heavy (non-hydrogen) atoms. The molecule has 0 amide bonds. The molecule has 1 unspecified atom stereocenters. The summed E-state index contributed by atoms with van der Waals surface area (Å²) in [4.78, 5) is 39.0. The second-order valence-electron chi connectivity index (χ2n) is 15.5. The second-order valence-corrected chi connectivity index (χ2v) is 15.5. The Labute approximate surface area is 241 Å².